The molecule has 0 unspecified atom stereocenters. The minimum Gasteiger partial charge on any atom is -0.478 e. The molecule has 1 heterocycles. The van der Waals surface area contributed by atoms with Crippen molar-refractivity contribution in [2.75, 3.05) is 0 Å². The Kier molecular flexibility index (Phi) is 5.91. The fourth-order valence-corrected chi connectivity index (χ4v) is 2.75. The number of ether oxygens (including phenoxy) is 1. The molecule has 30 heavy (non-hydrogen) atoms. The normalized spacial score (nSPS) is 12.1. The van der Waals surface area contributed by atoms with Crippen LogP contribution in [0.3, 0.4) is 0 Å². The number of hydrogen-bond donors (Lipinski definition) is 1. The van der Waals surface area contributed by atoms with Gasteiger partial charge in [0.15, 0.2) is 5.83 Å². The molecule has 0 saturated heterocycles. The minimum absolute atomic E-state index is 0.0532. The molecule has 1 N–H and O–H groups in total. The van der Waals surface area contributed by atoms with Crippen LogP contribution in [0.5, 0.6) is 5.75 Å². The molecule has 0 atom stereocenters. The summed E-state index contributed by atoms with van der Waals surface area (Å²) in [5.74, 6) is -2.11. The lowest BCUT2D eigenvalue weighted by Crippen LogP contribution is -2.16. The first kappa shape index (κ1) is 21.1. The molecule has 0 aliphatic carbocycles. The van der Waals surface area contributed by atoms with Crippen molar-refractivity contribution in [2.24, 2.45) is 0 Å². The number of hydrogen-bond acceptors (Lipinski definition) is 3. The van der Waals surface area contributed by atoms with Gasteiger partial charge in [-0.1, -0.05) is 24.3 Å². The van der Waals surface area contributed by atoms with Gasteiger partial charge in [-0.15, -0.1) is 13.2 Å². The molecule has 0 radical (unpaired) electrons. The molecule has 0 aliphatic rings. The molecule has 9 heteroatoms. The Morgan fingerprint density at radius 1 is 1.17 bits per heavy atom. The Bertz CT molecular complexity index is 1090. The molecule has 0 fully saturated rings. The molecule has 1 aromatic heterocycles. The van der Waals surface area contributed by atoms with Crippen molar-refractivity contribution in [1.82, 2.24) is 9.78 Å². The van der Waals surface area contributed by atoms with E-state index < -0.39 is 23.9 Å². The minimum atomic E-state index is -4.79. The number of rotatable bonds is 6. The van der Waals surface area contributed by atoms with Crippen molar-refractivity contribution >= 4 is 17.9 Å². The Labute approximate surface area is 168 Å². The molecule has 3 rings (SSSR count). The van der Waals surface area contributed by atoms with E-state index in [9.17, 15) is 22.4 Å². The monoisotopic (exact) mass is 420 g/mol. The van der Waals surface area contributed by atoms with Crippen molar-refractivity contribution < 1.29 is 32.2 Å². The second-order valence-electron chi connectivity index (χ2n) is 6.44. The van der Waals surface area contributed by atoms with Gasteiger partial charge in [0.25, 0.3) is 0 Å². The lowest BCUT2D eigenvalue weighted by atomic mass is 10.1. The molecule has 5 nitrogen and oxygen atoms in total. The average Bonchev–Trinajstić information content (AvgIpc) is 3.03. The number of benzene rings is 2. The van der Waals surface area contributed by atoms with E-state index in [2.05, 4.69) is 9.84 Å². The molecule has 156 valence electrons. The third kappa shape index (κ3) is 5.47. The van der Waals surface area contributed by atoms with Gasteiger partial charge in [0, 0.05) is 5.69 Å². The highest BCUT2D eigenvalue weighted by molar-refractivity contribution is 5.87. The number of nitrogens with zero attached hydrogens (tertiary/aromatic N) is 2. The van der Waals surface area contributed by atoms with E-state index in [0.29, 0.717) is 16.8 Å². The highest BCUT2D eigenvalue weighted by Crippen LogP contribution is 2.25. The quantitative estimate of drug-likeness (QED) is 0.550. The Morgan fingerprint density at radius 2 is 1.87 bits per heavy atom. The number of carboxylic acid groups (broad SMARTS) is 1. The Morgan fingerprint density at radius 3 is 2.50 bits per heavy atom. The molecular weight excluding hydrogens is 404 g/mol. The zero-order valence-electron chi connectivity index (χ0n) is 15.7. The topological polar surface area (TPSA) is 64.4 Å². The summed E-state index contributed by atoms with van der Waals surface area (Å²) >= 11 is 0. The number of aromatic carboxylic acids is 1. The van der Waals surface area contributed by atoms with Gasteiger partial charge in [-0.2, -0.15) is 5.10 Å². The lowest BCUT2D eigenvalue weighted by molar-refractivity contribution is -0.274. The van der Waals surface area contributed by atoms with Gasteiger partial charge in [0.1, 0.15) is 11.4 Å². The van der Waals surface area contributed by atoms with Gasteiger partial charge >= 0.3 is 12.3 Å². The van der Waals surface area contributed by atoms with E-state index in [-0.39, 0.29) is 17.8 Å². The predicted molar refractivity (Wildman–Crippen MR) is 102 cm³/mol. The van der Waals surface area contributed by atoms with Crippen molar-refractivity contribution in [3.05, 3.63) is 82.7 Å². The standard InChI is InChI=1S/C21H16F4N2O3/c1-13-9-19(26-27(13)12-15-3-2-4-16(10-15)20(28)29)18(22)11-14-5-7-17(8-6-14)30-21(23,24)25/h2-11H,12H2,1H3,(H,28,29)/b18-11-. The number of alkyl halides is 3. The van der Waals surface area contributed by atoms with E-state index in [0.717, 1.165) is 18.2 Å². The van der Waals surface area contributed by atoms with Crippen LogP contribution in [0.2, 0.25) is 0 Å². The third-order valence-electron chi connectivity index (χ3n) is 4.14. The van der Waals surface area contributed by atoms with Crippen LogP contribution in [0.25, 0.3) is 11.9 Å². The second kappa shape index (κ2) is 8.40. The number of carbonyl (C=O) groups is 1. The van der Waals surface area contributed by atoms with Crippen LogP contribution in [0.15, 0.2) is 54.6 Å². The smallest absolute Gasteiger partial charge is 0.478 e. The van der Waals surface area contributed by atoms with Crippen LogP contribution >= 0.6 is 0 Å². The van der Waals surface area contributed by atoms with Crippen LogP contribution in [-0.2, 0) is 6.54 Å². The summed E-state index contributed by atoms with van der Waals surface area (Å²) in [4.78, 5) is 11.1. The molecule has 0 bridgehead atoms. The number of aromatic nitrogens is 2. The number of halogens is 4. The zero-order valence-corrected chi connectivity index (χ0v) is 15.7. The highest BCUT2D eigenvalue weighted by atomic mass is 19.4. The van der Waals surface area contributed by atoms with E-state index in [4.69, 9.17) is 5.11 Å². The van der Waals surface area contributed by atoms with E-state index >= 15 is 0 Å². The van der Waals surface area contributed by atoms with Crippen LogP contribution in [0.1, 0.15) is 32.9 Å². The van der Waals surface area contributed by atoms with Crippen LogP contribution in [-0.4, -0.2) is 27.2 Å². The molecular formula is C21H16F4N2O3. The first-order chi connectivity index (χ1) is 14.1. The summed E-state index contributed by atoms with van der Waals surface area (Å²) in [6.07, 6.45) is -3.65. The van der Waals surface area contributed by atoms with E-state index in [1.165, 1.54) is 35.0 Å². The van der Waals surface area contributed by atoms with Gasteiger partial charge in [-0.25, -0.2) is 9.18 Å². The summed E-state index contributed by atoms with van der Waals surface area (Å²) < 4.78 is 56.5. The lowest BCUT2D eigenvalue weighted by Gasteiger charge is -2.08. The maximum Gasteiger partial charge on any atom is 0.573 e. The first-order valence-corrected chi connectivity index (χ1v) is 8.71. The molecule has 3 aromatic rings. The van der Waals surface area contributed by atoms with Gasteiger partial charge in [-0.3, -0.25) is 4.68 Å². The van der Waals surface area contributed by atoms with E-state index in [1.807, 2.05) is 0 Å². The zero-order chi connectivity index (χ0) is 21.9. The second-order valence-corrected chi connectivity index (χ2v) is 6.44. The van der Waals surface area contributed by atoms with Gasteiger partial charge in [0.2, 0.25) is 0 Å². The predicted octanol–water partition coefficient (Wildman–Crippen LogP) is 5.30. The SMILES string of the molecule is Cc1cc(/C(F)=C/c2ccc(OC(F)(F)F)cc2)nn1Cc1cccc(C(=O)O)c1. The maximum atomic E-state index is 14.6. The fraction of sp³-hybridized carbons (Fsp3) is 0.143. The number of carboxylic acids is 1. The third-order valence-corrected chi connectivity index (χ3v) is 4.14. The summed E-state index contributed by atoms with van der Waals surface area (Å²) in [6.45, 7) is 1.98. The number of aryl methyl sites for hydroxylation is 1. The van der Waals surface area contributed by atoms with Gasteiger partial charge in [0.05, 0.1) is 12.1 Å². The van der Waals surface area contributed by atoms with Crippen molar-refractivity contribution in [2.45, 2.75) is 19.8 Å². The maximum absolute atomic E-state index is 14.6. The fourth-order valence-electron chi connectivity index (χ4n) is 2.75. The van der Waals surface area contributed by atoms with Gasteiger partial charge in [-0.05, 0) is 54.5 Å². The molecule has 0 amide bonds. The van der Waals surface area contributed by atoms with Crippen LogP contribution < -0.4 is 4.74 Å². The average molecular weight is 420 g/mol. The van der Waals surface area contributed by atoms with E-state index in [1.54, 1.807) is 19.1 Å². The van der Waals surface area contributed by atoms with Crippen molar-refractivity contribution in [1.29, 1.82) is 0 Å². The van der Waals surface area contributed by atoms with Gasteiger partial charge < -0.3 is 9.84 Å². The Hall–Kier alpha value is -3.62. The van der Waals surface area contributed by atoms with Crippen molar-refractivity contribution in [3.8, 4) is 5.75 Å². The molecule has 0 aliphatic heterocycles. The molecule has 0 spiro atoms. The Balaban J connectivity index is 1.77. The molecule has 2 aromatic carbocycles. The van der Waals surface area contributed by atoms with Crippen LogP contribution in [0, 0.1) is 6.92 Å². The largest absolute Gasteiger partial charge is 0.573 e. The molecule has 0 saturated carbocycles. The summed E-state index contributed by atoms with van der Waals surface area (Å²) in [6, 6.07) is 12.6. The first-order valence-electron chi connectivity index (χ1n) is 8.71. The summed E-state index contributed by atoms with van der Waals surface area (Å²) in [7, 11) is 0. The summed E-state index contributed by atoms with van der Waals surface area (Å²) in [5, 5.41) is 13.3. The van der Waals surface area contributed by atoms with Crippen LogP contribution in [0.4, 0.5) is 17.6 Å². The highest BCUT2D eigenvalue weighted by Gasteiger charge is 2.30. The summed E-state index contributed by atoms with van der Waals surface area (Å²) in [5.41, 5.74) is 1.88. The van der Waals surface area contributed by atoms with Crippen molar-refractivity contribution in [3.63, 3.8) is 0 Å².